The second-order valence-electron chi connectivity index (χ2n) is 26.3. The first-order valence-electron chi connectivity index (χ1n) is 32.7. The number of hydrogen-bond acceptors (Lipinski definition) is 12. The Balaban J connectivity index is 0.000000130. The minimum atomic E-state index is -0.988. The van der Waals surface area contributed by atoms with E-state index in [1.807, 2.05) is 34.9 Å². The molecule has 0 atom stereocenters. The van der Waals surface area contributed by atoms with Crippen LogP contribution in [-0.2, 0) is 25.0 Å². The monoisotopic (exact) mass is 1370 g/mol. The van der Waals surface area contributed by atoms with Crippen LogP contribution in [0.4, 0.5) is 13.2 Å². The molecular weight excluding hydrogens is 1310 g/mol. The zero-order valence-corrected chi connectivity index (χ0v) is 56.1. The highest BCUT2D eigenvalue weighted by molar-refractivity contribution is 6.06. The lowest BCUT2D eigenvalue weighted by molar-refractivity contribution is 0.0686. The van der Waals surface area contributed by atoms with Gasteiger partial charge in [0.15, 0.2) is 5.65 Å². The second-order valence-corrected chi connectivity index (χ2v) is 26.3. The Morgan fingerprint density at radius 2 is 0.902 bits per heavy atom. The molecule has 0 saturated carbocycles. The number of nitrogens with zero attached hydrogens (tertiary/aromatic N) is 9. The zero-order chi connectivity index (χ0) is 71.3. The van der Waals surface area contributed by atoms with Crippen LogP contribution in [0.3, 0.4) is 0 Å². The average molecular weight is 1370 g/mol. The SMILES string of the molecule is COCC(C)(C)c1c(-c2ccc(C(=O)O)cc2)c2cc3[nH]ncc3nc2n1-c1ccc(F)cc1.COCC(C)(C)c1c(-c2ccc(C(=O)O)cc2)c2nc3[nH]ncc3cc2n1-c1ccc(F)cc1.O=C(O)c1ccc(-c2c(C3CCOCC3)n(-c3ccc(F)cc3)c3nc4cn[nH]c4cc23)cc1. The van der Waals surface area contributed by atoms with Crippen molar-refractivity contribution in [1.29, 1.82) is 0 Å². The molecule has 1 aliphatic heterocycles. The number of halogens is 3. The molecule has 0 aliphatic carbocycles. The number of ether oxygens (including phenoxy) is 3. The molecule has 0 bridgehead atoms. The first-order chi connectivity index (χ1) is 49.2. The number of pyridine rings is 3. The minimum Gasteiger partial charge on any atom is -0.478 e. The summed E-state index contributed by atoms with van der Waals surface area (Å²) < 4.78 is 64.4. The number of carbonyl (C=O) groups is 3. The number of fused-ring (bicyclic) bond motifs is 6. The van der Waals surface area contributed by atoms with Crippen LogP contribution in [0.1, 0.15) is 94.6 Å². The highest BCUT2D eigenvalue weighted by Crippen LogP contribution is 2.47. The predicted molar refractivity (Wildman–Crippen MR) is 382 cm³/mol. The quantitative estimate of drug-likeness (QED) is 0.0525. The van der Waals surface area contributed by atoms with Gasteiger partial charge in [0.25, 0.3) is 0 Å². The number of rotatable bonds is 16. The molecule has 1 fully saturated rings. The van der Waals surface area contributed by atoms with E-state index in [0.29, 0.717) is 43.2 Å². The van der Waals surface area contributed by atoms with E-state index in [-0.39, 0.29) is 40.1 Å². The van der Waals surface area contributed by atoms with Crippen molar-refractivity contribution in [2.24, 2.45) is 0 Å². The Hall–Kier alpha value is -12.1. The second kappa shape index (κ2) is 27.2. The van der Waals surface area contributed by atoms with Gasteiger partial charge in [-0.2, -0.15) is 15.3 Å². The van der Waals surface area contributed by atoms with Gasteiger partial charge in [-0.25, -0.2) is 42.5 Å². The molecule has 21 nitrogen and oxygen atoms in total. The largest absolute Gasteiger partial charge is 0.478 e. The molecular formula is C78H67F3N12O9. The Morgan fingerprint density at radius 3 is 1.36 bits per heavy atom. The summed E-state index contributed by atoms with van der Waals surface area (Å²) in [5.41, 5.74) is 17.0. The minimum absolute atomic E-state index is 0.193. The zero-order valence-electron chi connectivity index (χ0n) is 56.1. The Morgan fingerprint density at radius 1 is 0.500 bits per heavy atom. The molecule has 1 saturated heterocycles. The molecule has 0 radical (unpaired) electrons. The van der Waals surface area contributed by atoms with E-state index >= 15 is 0 Å². The number of hydrogen-bond donors (Lipinski definition) is 6. The molecule has 24 heteroatoms. The van der Waals surface area contributed by atoms with E-state index in [1.54, 1.807) is 130 Å². The molecule has 102 heavy (non-hydrogen) atoms. The molecule has 0 unspecified atom stereocenters. The molecule has 15 aromatic rings. The molecule has 9 aromatic heterocycles. The van der Waals surface area contributed by atoms with Gasteiger partial charge in [0.2, 0.25) is 0 Å². The maximum atomic E-state index is 13.8. The van der Waals surface area contributed by atoms with Crippen LogP contribution in [0, 0.1) is 17.5 Å². The van der Waals surface area contributed by atoms with E-state index in [1.165, 1.54) is 36.4 Å². The van der Waals surface area contributed by atoms with Crippen molar-refractivity contribution in [2.75, 3.05) is 40.6 Å². The third-order valence-electron chi connectivity index (χ3n) is 18.5. The van der Waals surface area contributed by atoms with Gasteiger partial charge >= 0.3 is 17.9 Å². The van der Waals surface area contributed by atoms with Gasteiger partial charge in [0.05, 0.1) is 70.6 Å². The van der Waals surface area contributed by atoms with Crippen LogP contribution in [0.15, 0.2) is 182 Å². The number of H-pyrrole nitrogens is 3. The standard InChI is InChI=1S/C26H21FN4O3.2C26H23FN4O3/c27-18-5-7-19(8-6-18)31-24(16-9-11-34-12-10-16)23(15-1-3-17(4-2-15)26(32)33)20-13-21-22(14-28-30-21)29-25(20)31;1-26(2,14-34-3)23-21(15-4-6-16(7-5-15)25(32)33)22-20(12-17-13-28-30-24(17)29-22)31(23)19-10-8-18(27)9-11-19;1-26(2,14-34-3)23-22(15-4-6-16(7-5-15)25(32)33)19-12-20-21(13-28-30-20)29-24(19)31(23)18-10-8-17(27)9-11-18/h1-8,13-14,16H,9-12H2,(H,28,30)(H,32,33);4-13H,14H2,1-3H3,(H,32,33)(H,28,29,30);4-13H,14H2,1-3H3,(H,28,30)(H,32,33). The molecule has 1 aliphatic rings. The molecule has 6 aromatic carbocycles. The fourth-order valence-corrected chi connectivity index (χ4v) is 14.0. The van der Waals surface area contributed by atoms with Crippen LogP contribution in [0.25, 0.3) is 117 Å². The van der Waals surface area contributed by atoms with E-state index in [9.17, 15) is 42.9 Å². The van der Waals surface area contributed by atoms with E-state index < -0.39 is 28.7 Å². The van der Waals surface area contributed by atoms with Gasteiger partial charge in [-0.3, -0.25) is 24.4 Å². The third kappa shape index (κ3) is 12.6. The normalized spacial score (nSPS) is 12.9. The van der Waals surface area contributed by atoms with Gasteiger partial charge < -0.3 is 34.1 Å². The lowest BCUT2D eigenvalue weighted by atomic mass is 9.84. The van der Waals surface area contributed by atoms with Crippen molar-refractivity contribution in [2.45, 2.75) is 57.3 Å². The van der Waals surface area contributed by atoms with Crippen molar-refractivity contribution in [3.63, 3.8) is 0 Å². The molecule has 6 N–H and O–H groups in total. The van der Waals surface area contributed by atoms with Crippen LogP contribution in [0.5, 0.6) is 0 Å². The van der Waals surface area contributed by atoms with Crippen molar-refractivity contribution < 1.29 is 57.1 Å². The summed E-state index contributed by atoms with van der Waals surface area (Å²) in [5, 5.41) is 52.0. The highest BCUT2D eigenvalue weighted by Gasteiger charge is 2.36. The molecule has 10 heterocycles. The fourth-order valence-electron chi connectivity index (χ4n) is 14.0. The topological polar surface area (TPSA) is 279 Å². The number of benzene rings is 6. The molecule has 0 spiro atoms. The summed E-state index contributed by atoms with van der Waals surface area (Å²) in [4.78, 5) is 49.0. The average Bonchev–Trinajstić information content (AvgIpc) is 1.58. The Bertz CT molecular complexity index is 5420. The lowest BCUT2D eigenvalue weighted by Gasteiger charge is -2.28. The van der Waals surface area contributed by atoms with Gasteiger partial charge in [0.1, 0.15) is 39.8 Å². The van der Waals surface area contributed by atoms with Gasteiger partial charge in [-0.15, -0.1) is 0 Å². The Labute approximate surface area is 579 Å². The maximum Gasteiger partial charge on any atom is 0.335 e. The number of carboxylic acids is 3. The summed E-state index contributed by atoms with van der Waals surface area (Å²) >= 11 is 0. The first-order valence-corrected chi connectivity index (χ1v) is 32.7. The number of aromatic carboxylic acids is 3. The van der Waals surface area contributed by atoms with Crippen molar-refractivity contribution >= 4 is 84.1 Å². The first kappa shape index (κ1) is 67.1. The van der Waals surface area contributed by atoms with Gasteiger partial charge in [0, 0.05) is 111 Å². The molecule has 16 rings (SSSR count). The smallest absolute Gasteiger partial charge is 0.335 e. The van der Waals surface area contributed by atoms with Gasteiger partial charge in [-0.05, 0) is 157 Å². The van der Waals surface area contributed by atoms with Crippen LogP contribution >= 0.6 is 0 Å². The summed E-state index contributed by atoms with van der Waals surface area (Å²) in [7, 11) is 3.31. The number of nitrogens with one attached hydrogen (secondary N) is 3. The van der Waals surface area contributed by atoms with E-state index in [4.69, 9.17) is 29.2 Å². The fraction of sp³-hybridized carbons (Fsp3) is 0.192. The van der Waals surface area contributed by atoms with Crippen LogP contribution in [-0.4, -0.2) is 133 Å². The van der Waals surface area contributed by atoms with Crippen molar-refractivity contribution in [3.05, 3.63) is 234 Å². The number of aromatic nitrogens is 12. The van der Waals surface area contributed by atoms with Gasteiger partial charge in [-0.1, -0.05) is 64.1 Å². The summed E-state index contributed by atoms with van der Waals surface area (Å²) in [6.07, 6.45) is 6.75. The van der Waals surface area contributed by atoms with Crippen LogP contribution in [0.2, 0.25) is 0 Å². The Kier molecular flexibility index (Phi) is 17.9. The number of carboxylic acid groups (broad SMARTS) is 3. The van der Waals surface area contributed by atoms with E-state index in [2.05, 4.69) is 67.4 Å². The van der Waals surface area contributed by atoms with E-state index in [0.717, 1.165) is 130 Å². The molecule has 0 amide bonds. The summed E-state index contributed by atoms with van der Waals surface area (Å²) in [6.45, 7) is 10.5. The highest BCUT2D eigenvalue weighted by atomic mass is 19.1. The van der Waals surface area contributed by atoms with Crippen LogP contribution < -0.4 is 0 Å². The number of aromatic amines is 3. The number of methoxy groups -OCH3 is 2. The predicted octanol–water partition coefficient (Wildman–Crippen LogP) is 16.0. The van der Waals surface area contributed by atoms with Crippen molar-refractivity contribution in [3.8, 4) is 50.4 Å². The lowest BCUT2D eigenvalue weighted by Crippen LogP contribution is -2.27. The maximum absolute atomic E-state index is 13.8. The summed E-state index contributed by atoms with van der Waals surface area (Å²) in [5.74, 6) is -3.70. The van der Waals surface area contributed by atoms with Crippen molar-refractivity contribution in [1.82, 2.24) is 59.2 Å². The summed E-state index contributed by atoms with van der Waals surface area (Å²) in [6, 6.07) is 45.5. The molecule has 514 valence electrons. The third-order valence-corrected chi connectivity index (χ3v) is 18.5.